The van der Waals surface area contributed by atoms with Crippen molar-refractivity contribution in [1.82, 2.24) is 4.98 Å². The van der Waals surface area contributed by atoms with E-state index in [1.54, 1.807) is 6.07 Å². The summed E-state index contributed by atoms with van der Waals surface area (Å²) in [6, 6.07) is 6.93. The Bertz CT molecular complexity index is 604. The molecule has 0 amide bonds. The summed E-state index contributed by atoms with van der Waals surface area (Å²) in [6.07, 6.45) is 0. The average Bonchev–Trinajstić information content (AvgIpc) is 2.31. The Balaban J connectivity index is 2.34. The number of anilines is 3. The van der Waals surface area contributed by atoms with Crippen molar-refractivity contribution >= 4 is 68.1 Å². The van der Waals surface area contributed by atoms with Crippen LogP contribution in [0.3, 0.4) is 0 Å². The zero-order valence-corrected chi connectivity index (χ0v) is 12.7. The maximum atomic E-state index is 6.02. The zero-order chi connectivity index (χ0) is 13.3. The molecule has 0 fully saturated rings. The number of rotatable bonds is 2. The Morgan fingerprint density at radius 2 is 1.78 bits per heavy atom. The van der Waals surface area contributed by atoms with Crippen molar-refractivity contribution in [1.29, 1.82) is 0 Å². The molecular formula is C11H7BrCl3N3. The van der Waals surface area contributed by atoms with E-state index in [0.29, 0.717) is 20.9 Å². The van der Waals surface area contributed by atoms with Gasteiger partial charge in [0, 0.05) is 10.2 Å². The smallest absolute Gasteiger partial charge is 0.151 e. The molecule has 0 spiro atoms. The summed E-state index contributed by atoms with van der Waals surface area (Å²) in [7, 11) is 0. The van der Waals surface area contributed by atoms with Crippen LogP contribution in [0, 0.1) is 0 Å². The molecule has 18 heavy (non-hydrogen) atoms. The minimum absolute atomic E-state index is 0.215. The minimum atomic E-state index is 0.215. The summed E-state index contributed by atoms with van der Waals surface area (Å²) in [4.78, 5) is 4.07. The number of hydrogen-bond acceptors (Lipinski definition) is 3. The fourth-order valence-corrected chi connectivity index (χ4v) is 2.11. The number of aromatic nitrogens is 1. The maximum Gasteiger partial charge on any atom is 0.151 e. The van der Waals surface area contributed by atoms with Crippen molar-refractivity contribution in [2.24, 2.45) is 0 Å². The molecule has 0 saturated carbocycles. The maximum absolute atomic E-state index is 6.02. The van der Waals surface area contributed by atoms with Crippen LogP contribution in [0.25, 0.3) is 0 Å². The standard InChI is InChI=1S/C11H7BrCl3N3/c12-6-2-1-5(3-7(6)13)17-11-9(15)4-8(14)10(16)18-11/h1-4H,(H3,16,17,18). The Morgan fingerprint density at radius 3 is 2.44 bits per heavy atom. The van der Waals surface area contributed by atoms with Gasteiger partial charge in [0.25, 0.3) is 0 Å². The predicted octanol–water partition coefficient (Wildman–Crippen LogP) is 5.13. The van der Waals surface area contributed by atoms with Crippen molar-refractivity contribution in [3.63, 3.8) is 0 Å². The van der Waals surface area contributed by atoms with Gasteiger partial charge in [0.05, 0.1) is 15.1 Å². The van der Waals surface area contributed by atoms with Crippen LogP contribution >= 0.6 is 50.7 Å². The molecule has 0 aliphatic carbocycles. The lowest BCUT2D eigenvalue weighted by Crippen LogP contribution is -1.99. The summed E-state index contributed by atoms with van der Waals surface area (Å²) >= 11 is 21.1. The van der Waals surface area contributed by atoms with E-state index in [-0.39, 0.29) is 5.82 Å². The first-order chi connectivity index (χ1) is 8.47. The van der Waals surface area contributed by atoms with E-state index in [9.17, 15) is 0 Å². The molecule has 2 rings (SSSR count). The van der Waals surface area contributed by atoms with E-state index in [0.717, 1.165) is 10.2 Å². The van der Waals surface area contributed by atoms with Gasteiger partial charge in [0.1, 0.15) is 5.82 Å². The molecule has 0 bridgehead atoms. The van der Waals surface area contributed by atoms with Crippen LogP contribution in [0.4, 0.5) is 17.3 Å². The molecule has 0 aliphatic rings. The molecule has 0 saturated heterocycles. The Morgan fingerprint density at radius 1 is 1.06 bits per heavy atom. The second-order valence-corrected chi connectivity index (χ2v) is 5.52. The summed E-state index contributed by atoms with van der Waals surface area (Å²) in [6.45, 7) is 0. The van der Waals surface area contributed by atoms with E-state index in [2.05, 4.69) is 26.2 Å². The van der Waals surface area contributed by atoms with Gasteiger partial charge >= 0.3 is 0 Å². The van der Waals surface area contributed by atoms with E-state index in [1.165, 1.54) is 6.07 Å². The quantitative estimate of drug-likeness (QED) is 0.774. The Hall–Kier alpha value is -0.680. The molecule has 94 valence electrons. The van der Waals surface area contributed by atoms with Gasteiger partial charge in [0.15, 0.2) is 5.82 Å². The lowest BCUT2D eigenvalue weighted by atomic mass is 10.3. The molecule has 1 aromatic carbocycles. The summed E-state index contributed by atoms with van der Waals surface area (Å²) in [5.41, 5.74) is 6.37. The second kappa shape index (κ2) is 5.53. The highest BCUT2D eigenvalue weighted by Crippen LogP contribution is 2.31. The van der Waals surface area contributed by atoms with Gasteiger partial charge < -0.3 is 11.1 Å². The van der Waals surface area contributed by atoms with Gasteiger partial charge in [-0.2, -0.15) is 0 Å². The molecule has 0 radical (unpaired) electrons. The Labute approximate surface area is 127 Å². The first-order valence-electron chi connectivity index (χ1n) is 4.81. The number of nitrogens with two attached hydrogens (primary N) is 1. The third kappa shape index (κ3) is 3.01. The number of nitrogen functional groups attached to an aromatic ring is 1. The van der Waals surface area contributed by atoms with E-state index in [4.69, 9.17) is 40.5 Å². The van der Waals surface area contributed by atoms with Crippen molar-refractivity contribution in [3.05, 3.63) is 43.8 Å². The van der Waals surface area contributed by atoms with Crippen molar-refractivity contribution < 1.29 is 0 Å². The van der Waals surface area contributed by atoms with Gasteiger partial charge in [-0.25, -0.2) is 4.98 Å². The lowest BCUT2D eigenvalue weighted by Gasteiger charge is -2.09. The fourth-order valence-electron chi connectivity index (χ4n) is 1.28. The molecule has 2 aromatic rings. The number of nitrogens with one attached hydrogen (secondary N) is 1. The third-order valence-electron chi connectivity index (χ3n) is 2.14. The Kier molecular flexibility index (Phi) is 4.22. The number of nitrogens with zero attached hydrogens (tertiary/aromatic N) is 1. The molecule has 3 N–H and O–H groups in total. The number of hydrogen-bond donors (Lipinski definition) is 2. The first kappa shape index (κ1) is 13.7. The normalized spacial score (nSPS) is 10.4. The molecule has 1 aromatic heterocycles. The van der Waals surface area contributed by atoms with Gasteiger partial charge in [-0.3, -0.25) is 0 Å². The van der Waals surface area contributed by atoms with Crippen LogP contribution in [-0.4, -0.2) is 4.98 Å². The number of pyridine rings is 1. The van der Waals surface area contributed by atoms with E-state index in [1.807, 2.05) is 12.1 Å². The highest BCUT2D eigenvalue weighted by Gasteiger charge is 2.08. The molecule has 0 aliphatic heterocycles. The highest BCUT2D eigenvalue weighted by molar-refractivity contribution is 9.10. The molecular weight excluding hydrogens is 360 g/mol. The van der Waals surface area contributed by atoms with Crippen molar-refractivity contribution in [2.45, 2.75) is 0 Å². The number of benzene rings is 1. The van der Waals surface area contributed by atoms with Crippen molar-refractivity contribution in [3.8, 4) is 0 Å². The monoisotopic (exact) mass is 365 g/mol. The van der Waals surface area contributed by atoms with E-state index < -0.39 is 0 Å². The third-order valence-corrected chi connectivity index (χ3v) is 3.96. The van der Waals surface area contributed by atoms with Gasteiger partial charge in [-0.1, -0.05) is 34.8 Å². The first-order valence-corrected chi connectivity index (χ1v) is 6.73. The van der Waals surface area contributed by atoms with Crippen LogP contribution in [0.2, 0.25) is 15.1 Å². The molecule has 3 nitrogen and oxygen atoms in total. The average molecular weight is 367 g/mol. The van der Waals surface area contributed by atoms with Crippen LogP contribution in [0.5, 0.6) is 0 Å². The van der Waals surface area contributed by atoms with Gasteiger partial charge in [0.2, 0.25) is 0 Å². The second-order valence-electron chi connectivity index (χ2n) is 3.44. The van der Waals surface area contributed by atoms with Gasteiger partial charge in [-0.15, -0.1) is 0 Å². The zero-order valence-electron chi connectivity index (χ0n) is 8.85. The van der Waals surface area contributed by atoms with Crippen LogP contribution in [0.1, 0.15) is 0 Å². The molecule has 1 heterocycles. The van der Waals surface area contributed by atoms with E-state index >= 15 is 0 Å². The van der Waals surface area contributed by atoms with Crippen LogP contribution in [0.15, 0.2) is 28.7 Å². The number of halogens is 4. The molecule has 0 unspecified atom stereocenters. The van der Waals surface area contributed by atoms with Crippen molar-refractivity contribution in [2.75, 3.05) is 11.1 Å². The molecule has 7 heteroatoms. The highest BCUT2D eigenvalue weighted by atomic mass is 79.9. The summed E-state index contributed by atoms with van der Waals surface area (Å²) in [5, 5.41) is 4.30. The largest absolute Gasteiger partial charge is 0.382 e. The SMILES string of the molecule is Nc1nc(Nc2ccc(Br)c(Cl)c2)c(Cl)cc1Cl. The van der Waals surface area contributed by atoms with Gasteiger partial charge in [-0.05, 0) is 40.2 Å². The fraction of sp³-hybridized carbons (Fsp3) is 0. The van der Waals surface area contributed by atoms with Crippen LogP contribution < -0.4 is 11.1 Å². The summed E-state index contributed by atoms with van der Waals surface area (Å²) < 4.78 is 0.810. The molecule has 0 atom stereocenters. The summed E-state index contributed by atoms with van der Waals surface area (Å²) in [5.74, 6) is 0.642. The topological polar surface area (TPSA) is 50.9 Å². The minimum Gasteiger partial charge on any atom is -0.382 e. The van der Waals surface area contributed by atoms with Crippen LogP contribution in [-0.2, 0) is 0 Å². The predicted molar refractivity (Wildman–Crippen MR) is 81.1 cm³/mol. The lowest BCUT2D eigenvalue weighted by molar-refractivity contribution is 1.31.